The molecule has 1 N–H and O–H groups in total. The number of para-hydroxylation sites is 1. The van der Waals surface area contributed by atoms with Crippen LogP contribution in [0.1, 0.15) is 18.4 Å². The van der Waals surface area contributed by atoms with Crippen LogP contribution in [-0.2, 0) is 11.3 Å². The van der Waals surface area contributed by atoms with Crippen LogP contribution in [0.4, 0.5) is 0 Å². The molecule has 1 saturated heterocycles. The van der Waals surface area contributed by atoms with Crippen molar-refractivity contribution in [3.63, 3.8) is 0 Å². The third-order valence-electron chi connectivity index (χ3n) is 4.40. The van der Waals surface area contributed by atoms with Crippen LogP contribution < -0.4 is 4.74 Å². The highest BCUT2D eigenvalue weighted by Crippen LogP contribution is 2.30. The zero-order valence-electron chi connectivity index (χ0n) is 12.9. The fourth-order valence-corrected chi connectivity index (χ4v) is 2.95. The molecule has 5 nitrogen and oxygen atoms in total. The number of benzene rings is 1. The predicted octanol–water partition coefficient (Wildman–Crippen LogP) is 1.68. The Morgan fingerprint density at radius 2 is 1.82 bits per heavy atom. The van der Waals surface area contributed by atoms with E-state index >= 15 is 0 Å². The van der Waals surface area contributed by atoms with Crippen molar-refractivity contribution in [3.05, 3.63) is 29.8 Å². The average molecular weight is 304 g/mol. The molecule has 2 fully saturated rings. The van der Waals surface area contributed by atoms with E-state index in [0.717, 1.165) is 44.2 Å². The second-order valence-corrected chi connectivity index (χ2v) is 6.31. The molecular weight excluding hydrogens is 280 g/mol. The summed E-state index contributed by atoms with van der Waals surface area (Å²) in [6, 6.07) is 7.73. The topological polar surface area (TPSA) is 53.0 Å². The average Bonchev–Trinajstić information content (AvgIpc) is 3.32. The summed E-state index contributed by atoms with van der Waals surface area (Å²) in [5.74, 6) is 0.700. The van der Waals surface area contributed by atoms with Gasteiger partial charge in [-0.1, -0.05) is 18.2 Å². The number of carboxylic acids is 1. The fraction of sp³-hybridized carbons (Fsp3) is 0.588. The van der Waals surface area contributed by atoms with Crippen LogP contribution in [0.25, 0.3) is 0 Å². The zero-order valence-corrected chi connectivity index (χ0v) is 12.9. The van der Waals surface area contributed by atoms with E-state index in [1.54, 1.807) is 0 Å². The van der Waals surface area contributed by atoms with Crippen LogP contribution in [0, 0.1) is 5.92 Å². The lowest BCUT2D eigenvalue weighted by Crippen LogP contribution is -2.46. The van der Waals surface area contributed by atoms with Crippen molar-refractivity contribution in [2.45, 2.75) is 19.4 Å². The molecule has 0 bridgehead atoms. The summed E-state index contributed by atoms with van der Waals surface area (Å²) < 4.78 is 5.39. The lowest BCUT2D eigenvalue weighted by atomic mass is 10.1. The first-order valence-corrected chi connectivity index (χ1v) is 8.08. The Morgan fingerprint density at radius 1 is 1.14 bits per heavy atom. The molecule has 0 spiro atoms. The van der Waals surface area contributed by atoms with Crippen molar-refractivity contribution >= 4 is 5.97 Å². The number of carbonyl (C=O) groups is 1. The molecule has 5 heteroatoms. The lowest BCUT2D eigenvalue weighted by Gasteiger charge is -2.35. The van der Waals surface area contributed by atoms with E-state index in [4.69, 9.17) is 9.84 Å². The molecule has 1 aromatic carbocycles. The lowest BCUT2D eigenvalue weighted by molar-refractivity contribution is -0.139. The summed E-state index contributed by atoms with van der Waals surface area (Å²) in [5.41, 5.74) is 1.07. The minimum atomic E-state index is -0.941. The first-order chi connectivity index (χ1) is 10.7. The quantitative estimate of drug-likeness (QED) is 0.830. The van der Waals surface area contributed by atoms with Gasteiger partial charge in [-0.2, -0.15) is 0 Å². The second kappa shape index (κ2) is 7.11. The maximum Gasteiger partial charge on any atom is 0.341 e. The number of carboxylic acid groups (broad SMARTS) is 1. The van der Waals surface area contributed by atoms with E-state index < -0.39 is 5.97 Å². The van der Waals surface area contributed by atoms with Crippen molar-refractivity contribution in [1.82, 2.24) is 9.80 Å². The molecule has 1 aliphatic heterocycles. The Labute approximate surface area is 131 Å². The summed E-state index contributed by atoms with van der Waals surface area (Å²) >= 11 is 0. The van der Waals surface area contributed by atoms with Gasteiger partial charge in [0.15, 0.2) is 6.61 Å². The van der Waals surface area contributed by atoms with Gasteiger partial charge >= 0.3 is 5.97 Å². The van der Waals surface area contributed by atoms with Gasteiger partial charge in [0.1, 0.15) is 5.75 Å². The number of ether oxygens (including phenoxy) is 1. The van der Waals surface area contributed by atoms with Crippen molar-refractivity contribution < 1.29 is 14.6 Å². The molecular formula is C17H24N2O3. The highest BCUT2D eigenvalue weighted by atomic mass is 16.5. The molecule has 0 amide bonds. The molecule has 1 aromatic rings. The molecule has 3 rings (SSSR count). The van der Waals surface area contributed by atoms with E-state index in [9.17, 15) is 4.79 Å². The van der Waals surface area contributed by atoms with Gasteiger partial charge in [-0.15, -0.1) is 0 Å². The number of aliphatic carboxylic acids is 1. The minimum Gasteiger partial charge on any atom is -0.482 e. The summed E-state index contributed by atoms with van der Waals surface area (Å²) in [4.78, 5) is 15.7. The van der Waals surface area contributed by atoms with Gasteiger partial charge < -0.3 is 14.7 Å². The Balaban J connectivity index is 1.51. The maximum atomic E-state index is 10.7. The van der Waals surface area contributed by atoms with Gasteiger partial charge in [-0.25, -0.2) is 4.79 Å². The largest absolute Gasteiger partial charge is 0.482 e. The van der Waals surface area contributed by atoms with Gasteiger partial charge in [-0.05, 0) is 24.8 Å². The third kappa shape index (κ3) is 4.45. The van der Waals surface area contributed by atoms with E-state index in [1.807, 2.05) is 24.3 Å². The Morgan fingerprint density at radius 3 is 2.50 bits per heavy atom. The third-order valence-corrected chi connectivity index (χ3v) is 4.40. The summed E-state index contributed by atoms with van der Waals surface area (Å²) in [6.07, 6.45) is 2.82. The Kier molecular flexibility index (Phi) is 4.95. The Hall–Kier alpha value is -1.59. The predicted molar refractivity (Wildman–Crippen MR) is 84.0 cm³/mol. The van der Waals surface area contributed by atoms with Crippen molar-refractivity contribution in [3.8, 4) is 5.75 Å². The van der Waals surface area contributed by atoms with Crippen molar-refractivity contribution in [1.29, 1.82) is 0 Å². The monoisotopic (exact) mass is 304 g/mol. The number of piperazine rings is 1. The highest BCUT2D eigenvalue weighted by molar-refractivity contribution is 5.68. The first-order valence-electron chi connectivity index (χ1n) is 8.08. The van der Waals surface area contributed by atoms with Gasteiger partial charge in [-0.3, -0.25) is 4.90 Å². The molecule has 1 aliphatic carbocycles. The first kappa shape index (κ1) is 15.3. The van der Waals surface area contributed by atoms with E-state index in [0.29, 0.717) is 5.75 Å². The molecule has 1 heterocycles. The van der Waals surface area contributed by atoms with Gasteiger partial charge in [0.25, 0.3) is 0 Å². The number of rotatable bonds is 7. The van der Waals surface area contributed by atoms with Crippen LogP contribution in [0.15, 0.2) is 24.3 Å². The number of hydrogen-bond acceptors (Lipinski definition) is 4. The minimum absolute atomic E-state index is 0.286. The number of hydrogen-bond donors (Lipinski definition) is 1. The SMILES string of the molecule is O=C(O)COc1ccccc1CN1CCN(CC2CC2)CC1. The van der Waals surface area contributed by atoms with Crippen molar-refractivity contribution in [2.75, 3.05) is 39.3 Å². The molecule has 0 unspecified atom stereocenters. The molecule has 1 saturated carbocycles. The second-order valence-electron chi connectivity index (χ2n) is 6.31. The number of nitrogens with zero attached hydrogens (tertiary/aromatic N) is 2. The molecule has 120 valence electrons. The molecule has 0 atom stereocenters. The van der Waals surface area contributed by atoms with Crippen molar-refractivity contribution in [2.24, 2.45) is 5.92 Å². The van der Waals surface area contributed by atoms with Crippen LogP contribution in [0.3, 0.4) is 0 Å². The van der Waals surface area contributed by atoms with E-state index in [-0.39, 0.29) is 6.61 Å². The van der Waals surface area contributed by atoms with E-state index in [2.05, 4.69) is 9.80 Å². The Bertz CT molecular complexity index is 508. The van der Waals surface area contributed by atoms with E-state index in [1.165, 1.54) is 19.4 Å². The van der Waals surface area contributed by atoms with Crippen LogP contribution in [0.2, 0.25) is 0 Å². The molecule has 0 aromatic heterocycles. The van der Waals surface area contributed by atoms with Crippen LogP contribution >= 0.6 is 0 Å². The highest BCUT2D eigenvalue weighted by Gasteiger charge is 2.26. The molecule has 0 radical (unpaired) electrons. The molecule has 2 aliphatic rings. The zero-order chi connectivity index (χ0) is 15.4. The van der Waals surface area contributed by atoms with Crippen LogP contribution in [0.5, 0.6) is 5.75 Å². The summed E-state index contributed by atoms with van der Waals surface area (Å²) in [5, 5.41) is 8.75. The van der Waals surface area contributed by atoms with Gasteiger partial charge in [0.05, 0.1) is 0 Å². The summed E-state index contributed by atoms with van der Waals surface area (Å²) in [7, 11) is 0. The van der Waals surface area contributed by atoms with Gasteiger partial charge in [0, 0.05) is 44.8 Å². The van der Waals surface area contributed by atoms with Crippen LogP contribution in [-0.4, -0.2) is 60.2 Å². The fourth-order valence-electron chi connectivity index (χ4n) is 2.95. The van der Waals surface area contributed by atoms with Gasteiger partial charge in [0.2, 0.25) is 0 Å². The normalized spacial score (nSPS) is 20.0. The maximum absolute atomic E-state index is 10.7. The smallest absolute Gasteiger partial charge is 0.341 e. The molecule has 22 heavy (non-hydrogen) atoms. The standard InChI is InChI=1S/C17H24N2O3/c20-17(21)13-22-16-4-2-1-3-15(16)12-19-9-7-18(8-10-19)11-14-5-6-14/h1-4,14H,5-13H2,(H,20,21). The summed E-state index contributed by atoms with van der Waals surface area (Å²) in [6.45, 7) is 6.22.